The van der Waals surface area contributed by atoms with Gasteiger partial charge in [0.25, 0.3) is 0 Å². The lowest BCUT2D eigenvalue weighted by molar-refractivity contribution is -0.137. The number of carbonyl (C=O) groups is 1. The molecule has 0 aliphatic carbocycles. The summed E-state index contributed by atoms with van der Waals surface area (Å²) in [4.78, 5) is 17.0. The molecule has 1 atom stereocenters. The minimum Gasteiger partial charge on any atom is -0.472 e. The topological polar surface area (TPSA) is 42.4 Å². The highest BCUT2D eigenvalue weighted by Gasteiger charge is 2.32. The van der Waals surface area contributed by atoms with E-state index in [4.69, 9.17) is 16.3 Å². The normalized spacial score (nSPS) is 18.9. The van der Waals surface area contributed by atoms with E-state index in [-0.39, 0.29) is 30.2 Å². The first-order valence-corrected chi connectivity index (χ1v) is 6.97. The number of hydrogen-bond acceptors (Lipinski definition) is 3. The van der Waals surface area contributed by atoms with Gasteiger partial charge in [-0.3, -0.25) is 4.79 Å². The van der Waals surface area contributed by atoms with E-state index in [9.17, 15) is 18.0 Å². The lowest BCUT2D eigenvalue weighted by Crippen LogP contribution is -2.31. The zero-order chi connectivity index (χ0) is 15.5. The Balaban J connectivity index is 1.96. The summed E-state index contributed by atoms with van der Waals surface area (Å²) in [7, 11) is 0. The molecule has 21 heavy (non-hydrogen) atoms. The Morgan fingerprint density at radius 2 is 2.29 bits per heavy atom. The van der Waals surface area contributed by atoms with E-state index < -0.39 is 11.7 Å². The zero-order valence-corrected chi connectivity index (χ0v) is 11.8. The molecular weight excluding hydrogens is 309 g/mol. The number of alkyl halides is 4. The third kappa shape index (κ3) is 4.23. The lowest BCUT2D eigenvalue weighted by atomic mass is 10.2. The Morgan fingerprint density at radius 1 is 1.52 bits per heavy atom. The summed E-state index contributed by atoms with van der Waals surface area (Å²) in [5, 5.41) is 0. The number of rotatable bonds is 4. The Morgan fingerprint density at radius 3 is 2.95 bits per heavy atom. The fourth-order valence-corrected chi connectivity index (χ4v) is 2.27. The Labute approximate surface area is 124 Å². The van der Waals surface area contributed by atoms with Gasteiger partial charge in [-0.05, 0) is 6.07 Å². The molecule has 1 aliphatic heterocycles. The second kappa shape index (κ2) is 6.51. The molecule has 8 heteroatoms. The van der Waals surface area contributed by atoms with E-state index in [2.05, 4.69) is 4.98 Å². The number of carbonyl (C=O) groups excluding carboxylic acids is 1. The number of ether oxygens (including phenoxy) is 1. The van der Waals surface area contributed by atoms with Gasteiger partial charge < -0.3 is 9.64 Å². The molecule has 1 aromatic heterocycles. The fraction of sp³-hybridized carbons (Fsp3) is 0.538. The van der Waals surface area contributed by atoms with Gasteiger partial charge in [-0.1, -0.05) is 0 Å². The lowest BCUT2D eigenvalue weighted by Gasteiger charge is -2.16. The van der Waals surface area contributed by atoms with E-state index in [0.717, 1.165) is 18.3 Å². The molecule has 1 fully saturated rings. The molecule has 0 N–H and O–H groups in total. The standard InChI is InChI=1S/C13H14ClF3N2O2/c14-4-1-12(20)19-6-3-10(8-19)21-11-7-9(2-5-18-11)13(15,16)17/h2,5,7,10H,1,3-4,6,8H2. The molecule has 1 amide bonds. The van der Waals surface area contributed by atoms with Crippen molar-refractivity contribution in [2.75, 3.05) is 19.0 Å². The van der Waals surface area contributed by atoms with Gasteiger partial charge in [0.2, 0.25) is 11.8 Å². The van der Waals surface area contributed by atoms with Crippen LogP contribution in [0.15, 0.2) is 18.3 Å². The number of aromatic nitrogens is 1. The minimum atomic E-state index is -4.43. The van der Waals surface area contributed by atoms with Crippen LogP contribution in [0.1, 0.15) is 18.4 Å². The third-order valence-electron chi connectivity index (χ3n) is 3.16. The fourth-order valence-electron chi connectivity index (χ4n) is 2.11. The van der Waals surface area contributed by atoms with Gasteiger partial charge in [0.15, 0.2) is 0 Å². The Bertz CT molecular complexity index is 510. The third-order valence-corrected chi connectivity index (χ3v) is 3.34. The molecule has 1 aromatic rings. The van der Waals surface area contributed by atoms with Crippen LogP contribution >= 0.6 is 11.6 Å². The van der Waals surface area contributed by atoms with E-state index in [0.29, 0.717) is 19.5 Å². The summed E-state index contributed by atoms with van der Waals surface area (Å²) in [5.74, 6) is 0.0883. The van der Waals surface area contributed by atoms with Crippen molar-refractivity contribution in [3.63, 3.8) is 0 Å². The van der Waals surface area contributed by atoms with Crippen LogP contribution in [0.25, 0.3) is 0 Å². The van der Waals surface area contributed by atoms with Crippen LogP contribution in [0.4, 0.5) is 13.2 Å². The van der Waals surface area contributed by atoms with Crippen molar-refractivity contribution < 1.29 is 22.7 Å². The van der Waals surface area contributed by atoms with Crippen LogP contribution in [-0.4, -0.2) is 40.9 Å². The first-order valence-electron chi connectivity index (χ1n) is 6.44. The van der Waals surface area contributed by atoms with Crippen molar-refractivity contribution in [1.29, 1.82) is 0 Å². The van der Waals surface area contributed by atoms with E-state index >= 15 is 0 Å². The molecule has 116 valence electrons. The Hall–Kier alpha value is -1.50. The molecule has 1 saturated heterocycles. The van der Waals surface area contributed by atoms with Gasteiger partial charge in [-0.15, -0.1) is 11.6 Å². The average molecular weight is 323 g/mol. The maximum absolute atomic E-state index is 12.6. The molecule has 0 spiro atoms. The zero-order valence-electron chi connectivity index (χ0n) is 11.1. The summed E-state index contributed by atoms with van der Waals surface area (Å²) < 4.78 is 43.2. The molecule has 2 rings (SSSR count). The van der Waals surface area contributed by atoms with Gasteiger partial charge >= 0.3 is 6.18 Å². The van der Waals surface area contributed by atoms with Crippen LogP contribution in [0.2, 0.25) is 0 Å². The van der Waals surface area contributed by atoms with Crippen molar-refractivity contribution >= 4 is 17.5 Å². The first kappa shape index (κ1) is 15.9. The summed E-state index contributed by atoms with van der Waals surface area (Å²) in [6, 6.07) is 1.75. The highest BCUT2D eigenvalue weighted by Crippen LogP contribution is 2.31. The molecule has 0 radical (unpaired) electrons. The summed E-state index contributed by atoms with van der Waals surface area (Å²) in [6.07, 6.45) is -2.91. The van der Waals surface area contributed by atoms with Crippen LogP contribution in [0.5, 0.6) is 5.88 Å². The SMILES string of the molecule is O=C(CCCl)N1CCC(Oc2cc(C(F)(F)F)ccn2)C1. The average Bonchev–Trinajstić information content (AvgIpc) is 2.87. The summed E-state index contributed by atoms with van der Waals surface area (Å²) >= 11 is 5.51. The minimum absolute atomic E-state index is 0.0758. The van der Waals surface area contributed by atoms with Gasteiger partial charge in [-0.2, -0.15) is 13.2 Å². The van der Waals surface area contributed by atoms with Gasteiger partial charge in [0, 0.05) is 37.5 Å². The smallest absolute Gasteiger partial charge is 0.416 e. The van der Waals surface area contributed by atoms with Crippen molar-refractivity contribution in [2.45, 2.75) is 25.1 Å². The molecule has 0 saturated carbocycles. The number of pyridine rings is 1. The maximum Gasteiger partial charge on any atom is 0.416 e. The van der Waals surface area contributed by atoms with Gasteiger partial charge in [0.05, 0.1) is 12.1 Å². The molecule has 2 heterocycles. The highest BCUT2D eigenvalue weighted by atomic mass is 35.5. The second-order valence-electron chi connectivity index (χ2n) is 4.69. The number of hydrogen-bond donors (Lipinski definition) is 0. The van der Waals surface area contributed by atoms with Crippen LogP contribution in [0, 0.1) is 0 Å². The monoisotopic (exact) mass is 322 g/mol. The number of amides is 1. The van der Waals surface area contributed by atoms with Crippen LogP contribution in [0.3, 0.4) is 0 Å². The number of halogens is 4. The van der Waals surface area contributed by atoms with E-state index in [1.807, 2.05) is 0 Å². The first-order chi connectivity index (χ1) is 9.90. The largest absolute Gasteiger partial charge is 0.472 e. The van der Waals surface area contributed by atoms with Crippen LogP contribution in [-0.2, 0) is 11.0 Å². The van der Waals surface area contributed by atoms with E-state index in [1.165, 1.54) is 0 Å². The summed E-state index contributed by atoms with van der Waals surface area (Å²) in [5.41, 5.74) is -0.805. The number of likely N-dealkylation sites (tertiary alicyclic amines) is 1. The molecular formula is C13H14ClF3N2O2. The van der Waals surface area contributed by atoms with Crippen LogP contribution < -0.4 is 4.74 Å². The van der Waals surface area contributed by atoms with Crippen molar-refractivity contribution in [3.8, 4) is 5.88 Å². The Kier molecular flexibility index (Phi) is 4.92. The van der Waals surface area contributed by atoms with Gasteiger partial charge in [-0.25, -0.2) is 4.98 Å². The predicted molar refractivity (Wildman–Crippen MR) is 70.2 cm³/mol. The van der Waals surface area contributed by atoms with E-state index in [1.54, 1.807) is 4.90 Å². The molecule has 1 unspecified atom stereocenters. The van der Waals surface area contributed by atoms with Crippen molar-refractivity contribution in [3.05, 3.63) is 23.9 Å². The summed E-state index contributed by atoms with van der Waals surface area (Å²) in [6.45, 7) is 0.854. The predicted octanol–water partition coefficient (Wildman–Crippen LogP) is 2.71. The molecule has 0 aromatic carbocycles. The van der Waals surface area contributed by atoms with Crippen molar-refractivity contribution in [1.82, 2.24) is 9.88 Å². The molecule has 4 nitrogen and oxygen atoms in total. The van der Waals surface area contributed by atoms with Gasteiger partial charge in [0.1, 0.15) is 6.10 Å². The quantitative estimate of drug-likeness (QED) is 0.800. The number of nitrogens with zero attached hydrogens (tertiary/aromatic N) is 2. The molecule has 0 bridgehead atoms. The second-order valence-corrected chi connectivity index (χ2v) is 5.07. The maximum atomic E-state index is 12.6. The van der Waals surface area contributed by atoms with Crippen molar-refractivity contribution in [2.24, 2.45) is 0 Å². The highest BCUT2D eigenvalue weighted by molar-refractivity contribution is 6.18. The molecule has 1 aliphatic rings.